The van der Waals surface area contributed by atoms with Gasteiger partial charge in [0.25, 0.3) is 0 Å². The summed E-state index contributed by atoms with van der Waals surface area (Å²) in [7, 11) is 0. The topological polar surface area (TPSA) is 50.8 Å². The highest BCUT2D eigenvalue weighted by atomic mass is 16.5. The fourth-order valence-corrected chi connectivity index (χ4v) is 2.53. The van der Waals surface area contributed by atoms with E-state index in [0.29, 0.717) is 6.42 Å². The van der Waals surface area contributed by atoms with E-state index in [9.17, 15) is 0 Å². The van der Waals surface area contributed by atoms with Gasteiger partial charge in [-0.05, 0) is 25.0 Å². The van der Waals surface area contributed by atoms with Crippen LogP contribution in [-0.2, 0) is 17.7 Å². The highest BCUT2D eigenvalue weighted by Crippen LogP contribution is 2.20. The molecule has 1 fully saturated rings. The molecule has 0 aliphatic carbocycles. The first-order valence-electron chi connectivity index (χ1n) is 6.31. The minimum Gasteiger partial charge on any atom is -0.376 e. The van der Waals surface area contributed by atoms with Crippen molar-refractivity contribution in [1.29, 1.82) is 5.26 Å². The highest BCUT2D eigenvalue weighted by Gasteiger charge is 2.19. The van der Waals surface area contributed by atoms with Crippen molar-refractivity contribution in [1.82, 2.24) is 9.55 Å². The molecule has 1 aliphatic rings. The van der Waals surface area contributed by atoms with Crippen LogP contribution in [0.25, 0.3) is 11.0 Å². The number of hydrogen-bond donors (Lipinski definition) is 0. The maximum absolute atomic E-state index is 8.90. The molecular formula is C14H15N3O. The van der Waals surface area contributed by atoms with E-state index >= 15 is 0 Å². The van der Waals surface area contributed by atoms with Crippen LogP contribution in [0.15, 0.2) is 24.3 Å². The average Bonchev–Trinajstić information content (AvgIpc) is 3.00. The minimum atomic E-state index is 0.264. The summed E-state index contributed by atoms with van der Waals surface area (Å²) in [5, 5.41) is 8.90. The second-order valence-electron chi connectivity index (χ2n) is 4.60. The molecule has 0 saturated carbocycles. The highest BCUT2D eigenvalue weighted by molar-refractivity contribution is 5.76. The van der Waals surface area contributed by atoms with Gasteiger partial charge in [-0.1, -0.05) is 12.1 Å². The SMILES string of the molecule is N#CCc1nc2ccccc2n1CC1CCCO1. The van der Waals surface area contributed by atoms with E-state index in [-0.39, 0.29) is 6.10 Å². The zero-order valence-electron chi connectivity index (χ0n) is 10.2. The van der Waals surface area contributed by atoms with Gasteiger partial charge in [0.15, 0.2) is 0 Å². The molecular weight excluding hydrogens is 226 g/mol. The number of para-hydroxylation sites is 2. The van der Waals surface area contributed by atoms with E-state index < -0.39 is 0 Å². The van der Waals surface area contributed by atoms with Crippen LogP contribution in [0.1, 0.15) is 18.7 Å². The third kappa shape index (κ3) is 1.98. The number of hydrogen-bond acceptors (Lipinski definition) is 3. The standard InChI is InChI=1S/C14H15N3O/c15-8-7-14-16-12-5-1-2-6-13(12)17(14)10-11-4-3-9-18-11/h1-2,5-6,11H,3-4,7,9-10H2. The number of benzene rings is 1. The Labute approximate surface area is 106 Å². The van der Waals surface area contributed by atoms with Gasteiger partial charge in [-0.25, -0.2) is 4.98 Å². The largest absolute Gasteiger partial charge is 0.376 e. The van der Waals surface area contributed by atoms with E-state index in [1.165, 1.54) is 0 Å². The lowest BCUT2D eigenvalue weighted by molar-refractivity contribution is 0.0973. The number of fused-ring (bicyclic) bond motifs is 1. The normalized spacial score (nSPS) is 19.2. The van der Waals surface area contributed by atoms with Crippen molar-refractivity contribution in [2.45, 2.75) is 31.9 Å². The molecule has 18 heavy (non-hydrogen) atoms. The molecule has 0 radical (unpaired) electrons. The number of ether oxygens (including phenoxy) is 1. The molecule has 2 heterocycles. The first kappa shape index (κ1) is 11.2. The van der Waals surface area contributed by atoms with Gasteiger partial charge in [0.2, 0.25) is 0 Å². The molecule has 92 valence electrons. The van der Waals surface area contributed by atoms with Crippen LogP contribution >= 0.6 is 0 Å². The zero-order valence-corrected chi connectivity index (χ0v) is 10.2. The molecule has 1 aliphatic heterocycles. The first-order chi connectivity index (χ1) is 8.88. The van der Waals surface area contributed by atoms with Crippen molar-refractivity contribution < 1.29 is 4.74 Å². The Hall–Kier alpha value is -1.86. The van der Waals surface area contributed by atoms with Crippen LogP contribution in [0, 0.1) is 11.3 Å². The molecule has 2 aromatic rings. The molecule has 4 nitrogen and oxygen atoms in total. The molecule has 3 rings (SSSR count). The molecule has 0 bridgehead atoms. The van der Waals surface area contributed by atoms with Crippen molar-refractivity contribution in [2.24, 2.45) is 0 Å². The molecule has 1 saturated heterocycles. The number of imidazole rings is 1. The average molecular weight is 241 g/mol. The number of nitriles is 1. The van der Waals surface area contributed by atoms with E-state index in [1.54, 1.807) is 0 Å². The Bertz CT molecular complexity index is 591. The Kier molecular flexibility index (Phi) is 2.99. The summed E-state index contributed by atoms with van der Waals surface area (Å²) in [6, 6.07) is 10.2. The summed E-state index contributed by atoms with van der Waals surface area (Å²) in [4.78, 5) is 4.53. The Morgan fingerprint density at radius 1 is 1.44 bits per heavy atom. The lowest BCUT2D eigenvalue weighted by Crippen LogP contribution is -2.16. The second kappa shape index (κ2) is 4.79. The van der Waals surface area contributed by atoms with Gasteiger partial charge < -0.3 is 9.30 Å². The summed E-state index contributed by atoms with van der Waals surface area (Å²) in [5.41, 5.74) is 2.05. The van der Waals surface area contributed by atoms with Crippen molar-refractivity contribution in [3.63, 3.8) is 0 Å². The van der Waals surface area contributed by atoms with Crippen molar-refractivity contribution in [3.8, 4) is 6.07 Å². The van der Waals surface area contributed by atoms with Crippen LogP contribution in [0.2, 0.25) is 0 Å². The number of nitrogens with zero attached hydrogens (tertiary/aromatic N) is 3. The Morgan fingerprint density at radius 3 is 3.11 bits per heavy atom. The summed E-state index contributed by atoms with van der Waals surface area (Å²) < 4.78 is 7.81. The molecule has 1 unspecified atom stereocenters. The summed E-state index contributed by atoms with van der Waals surface area (Å²) in [6.45, 7) is 1.66. The first-order valence-corrected chi connectivity index (χ1v) is 6.31. The van der Waals surface area contributed by atoms with Gasteiger partial charge >= 0.3 is 0 Å². The van der Waals surface area contributed by atoms with Gasteiger partial charge in [0.05, 0.1) is 36.2 Å². The lowest BCUT2D eigenvalue weighted by atomic mass is 10.2. The van der Waals surface area contributed by atoms with Crippen LogP contribution < -0.4 is 0 Å². The lowest BCUT2D eigenvalue weighted by Gasteiger charge is -2.13. The smallest absolute Gasteiger partial charge is 0.124 e. The van der Waals surface area contributed by atoms with Gasteiger partial charge in [-0.2, -0.15) is 5.26 Å². The van der Waals surface area contributed by atoms with Gasteiger partial charge in [-0.15, -0.1) is 0 Å². The van der Waals surface area contributed by atoms with E-state index in [4.69, 9.17) is 10.00 Å². The van der Waals surface area contributed by atoms with Crippen LogP contribution in [0.3, 0.4) is 0 Å². The Balaban J connectivity index is 2.00. The van der Waals surface area contributed by atoms with Crippen molar-refractivity contribution in [3.05, 3.63) is 30.1 Å². The predicted octanol–water partition coefficient (Wildman–Crippen LogP) is 2.28. The Morgan fingerprint density at radius 2 is 2.33 bits per heavy atom. The monoisotopic (exact) mass is 241 g/mol. The van der Waals surface area contributed by atoms with Gasteiger partial charge in [0, 0.05) is 6.61 Å². The van der Waals surface area contributed by atoms with Gasteiger partial charge in [0.1, 0.15) is 5.82 Å². The molecule has 0 spiro atoms. The molecule has 0 amide bonds. The minimum absolute atomic E-state index is 0.264. The molecule has 1 atom stereocenters. The number of rotatable bonds is 3. The fraction of sp³-hybridized carbons (Fsp3) is 0.429. The predicted molar refractivity (Wildman–Crippen MR) is 68.0 cm³/mol. The summed E-state index contributed by atoms with van der Waals surface area (Å²) in [6.07, 6.45) is 2.84. The third-order valence-corrected chi connectivity index (χ3v) is 3.38. The summed E-state index contributed by atoms with van der Waals surface area (Å²) in [5.74, 6) is 0.842. The maximum Gasteiger partial charge on any atom is 0.124 e. The van der Waals surface area contributed by atoms with Gasteiger partial charge in [-0.3, -0.25) is 0 Å². The van der Waals surface area contributed by atoms with E-state index in [2.05, 4.69) is 21.7 Å². The van der Waals surface area contributed by atoms with Crippen LogP contribution in [0.5, 0.6) is 0 Å². The van der Waals surface area contributed by atoms with Crippen molar-refractivity contribution in [2.75, 3.05) is 6.61 Å². The maximum atomic E-state index is 8.90. The fourth-order valence-electron chi connectivity index (χ4n) is 2.53. The zero-order chi connectivity index (χ0) is 12.4. The number of aromatic nitrogens is 2. The molecule has 1 aromatic carbocycles. The molecule has 4 heteroatoms. The molecule has 0 N–H and O–H groups in total. The van der Waals surface area contributed by atoms with E-state index in [0.717, 1.165) is 42.9 Å². The summed E-state index contributed by atoms with van der Waals surface area (Å²) >= 11 is 0. The second-order valence-corrected chi connectivity index (χ2v) is 4.60. The van der Waals surface area contributed by atoms with Crippen LogP contribution in [0.4, 0.5) is 0 Å². The third-order valence-electron chi connectivity index (χ3n) is 3.38. The van der Waals surface area contributed by atoms with Crippen molar-refractivity contribution >= 4 is 11.0 Å². The van der Waals surface area contributed by atoms with E-state index in [1.807, 2.05) is 18.2 Å². The molecule has 1 aromatic heterocycles. The quantitative estimate of drug-likeness (QED) is 0.828. The van der Waals surface area contributed by atoms with Crippen LogP contribution in [-0.4, -0.2) is 22.3 Å².